The molecule has 90 valence electrons. The highest BCUT2D eigenvalue weighted by Gasteiger charge is 2.27. The molecule has 3 heteroatoms. The van der Waals surface area contributed by atoms with Gasteiger partial charge in [0.25, 0.3) is 0 Å². The van der Waals surface area contributed by atoms with Crippen LogP contribution in [-0.4, -0.2) is 6.54 Å². The summed E-state index contributed by atoms with van der Waals surface area (Å²) in [6.45, 7) is 3.64. The average Bonchev–Trinajstić information content (AvgIpc) is 3.15. The van der Waals surface area contributed by atoms with Gasteiger partial charge in [-0.05, 0) is 37.3 Å². The van der Waals surface area contributed by atoms with Gasteiger partial charge in [-0.3, -0.25) is 0 Å². The fourth-order valence-corrected chi connectivity index (χ4v) is 2.07. The van der Waals surface area contributed by atoms with E-state index in [4.69, 9.17) is 5.26 Å². The number of nitriles is 1. The van der Waals surface area contributed by atoms with Crippen LogP contribution in [0.25, 0.3) is 0 Å². The summed E-state index contributed by atoms with van der Waals surface area (Å²) in [5.41, 5.74) is 0.701. The molecule has 17 heavy (non-hydrogen) atoms. The molecule has 1 N–H and O–H groups in total. The summed E-state index contributed by atoms with van der Waals surface area (Å²) < 4.78 is 13.7. The first-order chi connectivity index (χ1) is 8.22. The molecule has 1 aromatic rings. The second-order valence-electron chi connectivity index (χ2n) is 4.84. The maximum atomic E-state index is 13.7. The zero-order valence-corrected chi connectivity index (χ0v) is 10.0. The molecule has 2 rings (SSSR count). The van der Waals surface area contributed by atoms with Gasteiger partial charge in [0.2, 0.25) is 0 Å². The summed E-state index contributed by atoms with van der Waals surface area (Å²) in [7, 11) is 0. The van der Waals surface area contributed by atoms with Crippen molar-refractivity contribution in [3.63, 3.8) is 0 Å². The van der Waals surface area contributed by atoms with Crippen LogP contribution in [-0.2, 0) is 6.54 Å². The maximum absolute atomic E-state index is 13.7. The average molecular weight is 232 g/mol. The minimum absolute atomic E-state index is 0.125. The van der Waals surface area contributed by atoms with Gasteiger partial charge < -0.3 is 5.32 Å². The molecule has 1 atom stereocenters. The topological polar surface area (TPSA) is 35.8 Å². The van der Waals surface area contributed by atoms with Crippen molar-refractivity contribution in [2.24, 2.45) is 11.8 Å². The molecule has 1 fully saturated rings. The smallest absolute Gasteiger partial charge is 0.145 e. The zero-order valence-electron chi connectivity index (χ0n) is 10.0. The fraction of sp³-hybridized carbons (Fsp3) is 0.500. The van der Waals surface area contributed by atoms with E-state index in [0.717, 1.165) is 12.5 Å². The molecule has 1 unspecified atom stereocenters. The van der Waals surface area contributed by atoms with Crippen LogP contribution in [0.1, 0.15) is 30.9 Å². The Morgan fingerprint density at radius 2 is 2.29 bits per heavy atom. The summed E-state index contributed by atoms with van der Waals surface area (Å²) in [5.74, 6) is 1.14. The third kappa shape index (κ3) is 3.04. The van der Waals surface area contributed by atoms with Gasteiger partial charge in [-0.1, -0.05) is 19.1 Å². The van der Waals surface area contributed by atoms with Crippen molar-refractivity contribution in [3.8, 4) is 6.07 Å². The van der Waals surface area contributed by atoms with E-state index in [1.165, 1.54) is 18.9 Å². The van der Waals surface area contributed by atoms with Crippen LogP contribution < -0.4 is 5.32 Å². The first-order valence-corrected chi connectivity index (χ1v) is 6.10. The van der Waals surface area contributed by atoms with E-state index in [-0.39, 0.29) is 11.4 Å². The molecule has 1 aromatic carbocycles. The Morgan fingerprint density at radius 1 is 1.53 bits per heavy atom. The van der Waals surface area contributed by atoms with Crippen molar-refractivity contribution in [1.29, 1.82) is 5.26 Å². The van der Waals surface area contributed by atoms with Crippen molar-refractivity contribution in [2.75, 3.05) is 6.54 Å². The molecule has 0 aromatic heterocycles. The van der Waals surface area contributed by atoms with Gasteiger partial charge in [-0.25, -0.2) is 4.39 Å². The largest absolute Gasteiger partial charge is 0.312 e. The van der Waals surface area contributed by atoms with Crippen LogP contribution in [0.2, 0.25) is 0 Å². The minimum atomic E-state index is -0.387. The predicted molar refractivity (Wildman–Crippen MR) is 64.7 cm³/mol. The molecule has 2 nitrogen and oxygen atoms in total. The minimum Gasteiger partial charge on any atom is -0.312 e. The zero-order chi connectivity index (χ0) is 12.3. The van der Waals surface area contributed by atoms with E-state index < -0.39 is 0 Å². The number of rotatable bonds is 5. The van der Waals surface area contributed by atoms with Gasteiger partial charge >= 0.3 is 0 Å². The Morgan fingerprint density at radius 3 is 2.94 bits per heavy atom. The molecule has 0 saturated heterocycles. The SMILES string of the molecule is CC(CNCc1cccc(C#N)c1F)C1CC1. The number of nitrogens with one attached hydrogen (secondary N) is 1. The first-order valence-electron chi connectivity index (χ1n) is 6.10. The van der Waals surface area contributed by atoms with Crippen LogP contribution in [0.5, 0.6) is 0 Å². The fourth-order valence-electron chi connectivity index (χ4n) is 2.07. The molecule has 1 aliphatic rings. The molecule has 0 heterocycles. The van der Waals surface area contributed by atoms with Crippen LogP contribution in [0.4, 0.5) is 4.39 Å². The molecule has 1 aliphatic carbocycles. The lowest BCUT2D eigenvalue weighted by Crippen LogP contribution is -2.22. The lowest BCUT2D eigenvalue weighted by molar-refractivity contribution is 0.457. The van der Waals surface area contributed by atoms with Gasteiger partial charge in [-0.2, -0.15) is 5.26 Å². The van der Waals surface area contributed by atoms with Crippen LogP contribution in [0.15, 0.2) is 18.2 Å². The molecular weight excluding hydrogens is 215 g/mol. The summed E-state index contributed by atoms with van der Waals surface area (Å²) in [6.07, 6.45) is 2.67. The monoisotopic (exact) mass is 232 g/mol. The van der Waals surface area contributed by atoms with E-state index in [1.54, 1.807) is 12.1 Å². The van der Waals surface area contributed by atoms with E-state index in [0.29, 0.717) is 18.0 Å². The van der Waals surface area contributed by atoms with Crippen molar-refractivity contribution in [1.82, 2.24) is 5.32 Å². The number of halogens is 1. The molecule has 1 saturated carbocycles. The predicted octanol–water partition coefficient (Wildman–Crippen LogP) is 2.83. The quantitative estimate of drug-likeness (QED) is 0.847. The molecule has 0 radical (unpaired) electrons. The number of nitrogens with zero attached hydrogens (tertiary/aromatic N) is 1. The van der Waals surface area contributed by atoms with Crippen molar-refractivity contribution < 1.29 is 4.39 Å². The summed E-state index contributed by atoms with van der Waals surface area (Å²) >= 11 is 0. The third-order valence-electron chi connectivity index (χ3n) is 3.41. The van der Waals surface area contributed by atoms with Crippen LogP contribution >= 0.6 is 0 Å². The summed E-state index contributed by atoms with van der Waals surface area (Å²) in [6, 6.07) is 6.82. The lowest BCUT2D eigenvalue weighted by atomic mass is 10.1. The first kappa shape index (κ1) is 12.1. The number of benzene rings is 1. The van der Waals surface area contributed by atoms with Crippen molar-refractivity contribution in [3.05, 3.63) is 35.1 Å². The molecule has 0 aliphatic heterocycles. The number of hydrogen-bond donors (Lipinski definition) is 1. The number of hydrogen-bond acceptors (Lipinski definition) is 2. The van der Waals surface area contributed by atoms with E-state index in [2.05, 4.69) is 12.2 Å². The third-order valence-corrected chi connectivity index (χ3v) is 3.41. The van der Waals surface area contributed by atoms with Crippen molar-refractivity contribution in [2.45, 2.75) is 26.3 Å². The molecule has 0 bridgehead atoms. The summed E-state index contributed by atoms with van der Waals surface area (Å²) in [5, 5.41) is 12.0. The molecule has 0 spiro atoms. The lowest BCUT2D eigenvalue weighted by Gasteiger charge is -2.11. The normalized spacial score (nSPS) is 16.5. The highest BCUT2D eigenvalue weighted by molar-refractivity contribution is 5.34. The Kier molecular flexibility index (Phi) is 3.75. The standard InChI is InChI=1S/C14H17FN2/c1-10(11-5-6-11)8-17-9-13-4-2-3-12(7-16)14(13)15/h2-4,10-11,17H,5-6,8-9H2,1H3. The second-order valence-corrected chi connectivity index (χ2v) is 4.84. The van der Waals surface area contributed by atoms with Crippen LogP contribution in [0.3, 0.4) is 0 Å². The molecular formula is C14H17FN2. The van der Waals surface area contributed by atoms with E-state index in [1.807, 2.05) is 6.07 Å². The van der Waals surface area contributed by atoms with Gasteiger partial charge in [0, 0.05) is 12.1 Å². The maximum Gasteiger partial charge on any atom is 0.145 e. The Balaban J connectivity index is 1.88. The van der Waals surface area contributed by atoms with Gasteiger partial charge in [0.05, 0.1) is 5.56 Å². The molecule has 0 amide bonds. The van der Waals surface area contributed by atoms with Crippen molar-refractivity contribution >= 4 is 0 Å². The van der Waals surface area contributed by atoms with Gasteiger partial charge in [0.15, 0.2) is 0 Å². The Bertz CT molecular complexity index is 432. The second kappa shape index (κ2) is 5.29. The van der Waals surface area contributed by atoms with E-state index >= 15 is 0 Å². The van der Waals surface area contributed by atoms with Gasteiger partial charge in [0.1, 0.15) is 11.9 Å². The Labute approximate surface area is 101 Å². The van der Waals surface area contributed by atoms with E-state index in [9.17, 15) is 4.39 Å². The highest BCUT2D eigenvalue weighted by atomic mass is 19.1. The highest BCUT2D eigenvalue weighted by Crippen LogP contribution is 2.36. The van der Waals surface area contributed by atoms with Crippen LogP contribution in [0, 0.1) is 29.0 Å². The Hall–Kier alpha value is -1.40. The van der Waals surface area contributed by atoms with Gasteiger partial charge in [-0.15, -0.1) is 0 Å². The summed E-state index contributed by atoms with van der Waals surface area (Å²) in [4.78, 5) is 0.